The van der Waals surface area contributed by atoms with Crippen molar-refractivity contribution in [2.24, 2.45) is 23.7 Å². The number of Topliss-reactive ketones (excluding diaryl/α,β-unsaturated/α-hetero) is 1. The highest BCUT2D eigenvalue weighted by Gasteiger charge is 2.29. The first kappa shape index (κ1) is 37.6. The van der Waals surface area contributed by atoms with E-state index >= 15 is 0 Å². The molecule has 0 amide bonds. The lowest BCUT2D eigenvalue weighted by molar-refractivity contribution is -0.123. The number of carbonyl (C=O) groups excluding carboxylic acids is 1. The fraction of sp³-hybridized carbons (Fsp3) is 0.565. The normalized spacial score (nSPS) is 23.6. The SMILES string of the molecule is CC1CCCC(CCc2cc3ccc(CCC4CCCN(C5CCOCC5)CC4C)nc3cc2Oc2ccc(-c3ccc(C(C)C)nn3)cc2)C(=O)C1. The van der Waals surface area contributed by atoms with E-state index in [1.165, 1.54) is 45.2 Å². The van der Waals surface area contributed by atoms with Crippen LogP contribution in [0.25, 0.3) is 22.2 Å². The predicted molar refractivity (Wildman–Crippen MR) is 213 cm³/mol. The van der Waals surface area contributed by atoms with E-state index in [1.807, 2.05) is 30.3 Å². The molecular formula is C46H60N4O3. The molecule has 2 saturated heterocycles. The molecule has 4 aromatic rings. The van der Waals surface area contributed by atoms with Crippen molar-refractivity contribution < 1.29 is 14.3 Å². The lowest BCUT2D eigenvalue weighted by Crippen LogP contribution is -2.41. The van der Waals surface area contributed by atoms with Gasteiger partial charge in [-0.2, -0.15) is 10.2 Å². The molecule has 3 aliphatic rings. The van der Waals surface area contributed by atoms with Crippen LogP contribution < -0.4 is 4.74 Å². The van der Waals surface area contributed by atoms with Gasteiger partial charge in [0.05, 0.1) is 16.9 Å². The third-order valence-corrected chi connectivity index (χ3v) is 12.4. The van der Waals surface area contributed by atoms with Crippen LogP contribution in [0.2, 0.25) is 0 Å². The van der Waals surface area contributed by atoms with Crippen molar-refractivity contribution in [3.8, 4) is 22.8 Å². The molecule has 4 atom stereocenters. The number of ether oxygens (including phenoxy) is 2. The smallest absolute Gasteiger partial charge is 0.136 e. The molecule has 7 nitrogen and oxygen atoms in total. The molecule has 1 aliphatic carbocycles. The number of aryl methyl sites for hydroxylation is 2. The summed E-state index contributed by atoms with van der Waals surface area (Å²) >= 11 is 0. The predicted octanol–water partition coefficient (Wildman–Crippen LogP) is 10.4. The topological polar surface area (TPSA) is 77.4 Å². The van der Waals surface area contributed by atoms with Crippen molar-refractivity contribution in [3.63, 3.8) is 0 Å². The van der Waals surface area contributed by atoms with Crippen molar-refractivity contribution in [2.75, 3.05) is 26.3 Å². The van der Waals surface area contributed by atoms with Crippen LogP contribution in [0.4, 0.5) is 0 Å². The van der Waals surface area contributed by atoms with Gasteiger partial charge in [-0.25, -0.2) is 0 Å². The Hall–Kier alpha value is -3.68. The molecular weight excluding hydrogens is 657 g/mol. The average Bonchev–Trinajstić information content (AvgIpc) is 3.46. The maximum Gasteiger partial charge on any atom is 0.136 e. The van der Waals surface area contributed by atoms with Crippen LogP contribution in [-0.2, 0) is 22.4 Å². The molecule has 4 heterocycles. The van der Waals surface area contributed by atoms with Gasteiger partial charge in [-0.1, -0.05) is 46.6 Å². The van der Waals surface area contributed by atoms with E-state index in [1.54, 1.807) is 0 Å². The Morgan fingerprint density at radius 1 is 0.868 bits per heavy atom. The zero-order chi connectivity index (χ0) is 36.7. The van der Waals surface area contributed by atoms with E-state index in [4.69, 9.17) is 14.5 Å². The highest BCUT2D eigenvalue weighted by Crippen LogP contribution is 2.35. The molecule has 2 aromatic carbocycles. The van der Waals surface area contributed by atoms with Crippen molar-refractivity contribution in [1.82, 2.24) is 20.1 Å². The second-order valence-electron chi connectivity index (χ2n) is 16.8. The molecule has 0 N–H and O–H groups in total. The van der Waals surface area contributed by atoms with E-state index in [-0.39, 0.29) is 5.92 Å². The highest BCUT2D eigenvalue weighted by atomic mass is 16.5. The number of likely N-dealkylation sites (tertiary alicyclic amines) is 1. The van der Waals surface area contributed by atoms with Gasteiger partial charge < -0.3 is 9.47 Å². The van der Waals surface area contributed by atoms with E-state index in [0.29, 0.717) is 36.0 Å². The van der Waals surface area contributed by atoms with Crippen LogP contribution in [0.3, 0.4) is 0 Å². The van der Waals surface area contributed by atoms with Gasteiger partial charge in [-0.3, -0.25) is 14.7 Å². The Labute approximate surface area is 317 Å². The van der Waals surface area contributed by atoms with Gasteiger partial charge in [0.1, 0.15) is 17.3 Å². The zero-order valence-electron chi connectivity index (χ0n) is 32.6. The lowest BCUT2D eigenvalue weighted by Gasteiger charge is -2.35. The van der Waals surface area contributed by atoms with Gasteiger partial charge in [-0.15, -0.1) is 0 Å². The summed E-state index contributed by atoms with van der Waals surface area (Å²) in [4.78, 5) is 21.1. The van der Waals surface area contributed by atoms with Gasteiger partial charge in [0, 0.05) is 60.8 Å². The number of hydrogen-bond acceptors (Lipinski definition) is 7. The molecule has 0 spiro atoms. The third kappa shape index (κ3) is 9.71. The van der Waals surface area contributed by atoms with Crippen molar-refractivity contribution in [2.45, 2.75) is 117 Å². The van der Waals surface area contributed by atoms with Crippen LogP contribution in [0.15, 0.2) is 60.7 Å². The van der Waals surface area contributed by atoms with Gasteiger partial charge in [0.2, 0.25) is 0 Å². The molecule has 282 valence electrons. The first-order valence-corrected chi connectivity index (χ1v) is 20.7. The summed E-state index contributed by atoms with van der Waals surface area (Å²) in [6.07, 6.45) is 12.8. The van der Waals surface area contributed by atoms with Gasteiger partial charge in [0.25, 0.3) is 0 Å². The van der Waals surface area contributed by atoms with Crippen molar-refractivity contribution in [1.29, 1.82) is 0 Å². The summed E-state index contributed by atoms with van der Waals surface area (Å²) < 4.78 is 12.3. The maximum atomic E-state index is 13.1. The number of rotatable bonds is 11. The molecule has 0 bridgehead atoms. The Morgan fingerprint density at radius 2 is 1.70 bits per heavy atom. The van der Waals surface area contributed by atoms with E-state index in [0.717, 1.165) is 108 Å². The summed E-state index contributed by atoms with van der Waals surface area (Å²) in [5.41, 5.74) is 6.11. The van der Waals surface area contributed by atoms with Crippen LogP contribution in [0.5, 0.6) is 11.5 Å². The molecule has 2 aromatic heterocycles. The first-order valence-electron chi connectivity index (χ1n) is 20.7. The summed E-state index contributed by atoms with van der Waals surface area (Å²) in [6, 6.07) is 21.8. The fourth-order valence-electron chi connectivity index (χ4n) is 9.01. The van der Waals surface area contributed by atoms with Gasteiger partial charge >= 0.3 is 0 Å². The van der Waals surface area contributed by atoms with Crippen LogP contribution in [0, 0.1) is 23.7 Å². The van der Waals surface area contributed by atoms with E-state index in [2.05, 4.69) is 73.1 Å². The van der Waals surface area contributed by atoms with Crippen molar-refractivity contribution >= 4 is 16.7 Å². The Bertz CT molecular complexity index is 1800. The minimum atomic E-state index is 0.126. The number of aromatic nitrogens is 3. The molecule has 1 saturated carbocycles. The number of hydrogen-bond donors (Lipinski definition) is 0. The van der Waals surface area contributed by atoms with Gasteiger partial charge in [0.15, 0.2) is 0 Å². The van der Waals surface area contributed by atoms with Crippen LogP contribution in [0.1, 0.15) is 115 Å². The minimum Gasteiger partial charge on any atom is -0.457 e. The summed E-state index contributed by atoms with van der Waals surface area (Å²) in [6.45, 7) is 13.2. The Morgan fingerprint density at radius 3 is 2.47 bits per heavy atom. The molecule has 0 radical (unpaired) electrons. The number of ketones is 1. The summed E-state index contributed by atoms with van der Waals surface area (Å²) in [7, 11) is 0. The first-order chi connectivity index (χ1) is 25.8. The highest BCUT2D eigenvalue weighted by molar-refractivity contribution is 5.83. The third-order valence-electron chi connectivity index (χ3n) is 12.4. The molecule has 7 rings (SSSR count). The summed E-state index contributed by atoms with van der Waals surface area (Å²) in [5, 5.41) is 10.0. The van der Waals surface area contributed by atoms with E-state index in [9.17, 15) is 4.79 Å². The van der Waals surface area contributed by atoms with Crippen molar-refractivity contribution in [3.05, 3.63) is 77.6 Å². The number of fused-ring (bicyclic) bond motifs is 1. The molecule has 3 fully saturated rings. The minimum absolute atomic E-state index is 0.126. The number of nitrogens with zero attached hydrogens (tertiary/aromatic N) is 4. The second-order valence-corrected chi connectivity index (χ2v) is 16.8. The molecule has 53 heavy (non-hydrogen) atoms. The molecule has 2 aliphatic heterocycles. The number of benzene rings is 2. The van der Waals surface area contributed by atoms with E-state index < -0.39 is 0 Å². The zero-order valence-corrected chi connectivity index (χ0v) is 32.6. The Balaban J connectivity index is 1.08. The Kier molecular flexibility index (Phi) is 12.5. The fourth-order valence-corrected chi connectivity index (χ4v) is 9.01. The number of carbonyl (C=O) groups is 1. The number of pyridine rings is 1. The largest absolute Gasteiger partial charge is 0.457 e. The molecule has 7 heteroatoms. The standard InChI is InChI=1S/C46H60N4O3/c1-31(2)42-20-21-43(49-48-42)35-14-18-41(19-15-35)53-46-29-44-37(28-38(46)11-10-36-8-5-7-32(3)27-45(36)51)13-17-39(47-44)16-12-34-9-6-24-50(30-33(34)4)40-22-25-52-26-23-40/h13-15,17-21,28-29,31-34,36,40H,5-12,16,22-27,30H2,1-4H3. The monoisotopic (exact) mass is 716 g/mol. The van der Waals surface area contributed by atoms with Gasteiger partial charge in [-0.05, 0) is 142 Å². The van der Waals surface area contributed by atoms with Crippen LogP contribution >= 0.6 is 0 Å². The quantitative estimate of drug-likeness (QED) is 0.143. The average molecular weight is 717 g/mol. The van der Waals surface area contributed by atoms with Crippen LogP contribution in [-0.4, -0.2) is 58.2 Å². The second kappa shape index (κ2) is 17.6. The summed E-state index contributed by atoms with van der Waals surface area (Å²) in [5.74, 6) is 4.40. The molecule has 4 unspecified atom stereocenters. The lowest BCUT2D eigenvalue weighted by atomic mass is 9.86. The maximum absolute atomic E-state index is 13.1.